The first-order valence-corrected chi connectivity index (χ1v) is 6.63. The van der Waals surface area contributed by atoms with E-state index in [2.05, 4.69) is 23.7 Å². The van der Waals surface area contributed by atoms with Gasteiger partial charge in [-0.2, -0.15) is 0 Å². The summed E-state index contributed by atoms with van der Waals surface area (Å²) >= 11 is 0. The number of rotatable bonds is 4. The van der Waals surface area contributed by atoms with E-state index in [-0.39, 0.29) is 5.54 Å². The lowest BCUT2D eigenvalue weighted by Gasteiger charge is -2.43. The van der Waals surface area contributed by atoms with Gasteiger partial charge in [-0.1, -0.05) is 19.8 Å². The van der Waals surface area contributed by atoms with Crippen molar-refractivity contribution in [3.8, 4) is 11.8 Å². The number of carbonyl (C=O) groups is 1. The summed E-state index contributed by atoms with van der Waals surface area (Å²) in [4.78, 5) is 14.6. The van der Waals surface area contributed by atoms with Gasteiger partial charge in [0.1, 0.15) is 0 Å². The summed E-state index contributed by atoms with van der Waals surface area (Å²) in [6, 6.07) is 0. The molecule has 0 saturated heterocycles. The zero-order chi connectivity index (χ0) is 12.9. The Morgan fingerprint density at radius 1 is 1.47 bits per heavy atom. The predicted molar refractivity (Wildman–Crippen MR) is 71.7 cm³/mol. The molecule has 0 aliphatic heterocycles. The van der Waals surface area contributed by atoms with Crippen LogP contribution in [0.25, 0.3) is 0 Å². The average Bonchev–Trinajstić information content (AvgIpc) is 2.28. The number of likely N-dealkylation sites (N-methyl/N-ethyl adjacent to an activating group) is 1. The molecule has 0 aromatic carbocycles. The molecule has 2 atom stereocenters. The molecule has 0 radical (unpaired) electrons. The number of hydrogen-bond acceptors (Lipinski definition) is 2. The third-order valence-corrected chi connectivity index (χ3v) is 4.00. The van der Waals surface area contributed by atoms with Crippen LogP contribution in [0, 0.1) is 17.8 Å². The highest BCUT2D eigenvalue weighted by atomic mass is 16.1. The first-order chi connectivity index (χ1) is 8.03. The largest absolute Gasteiger partial charge is 0.298 e. The van der Waals surface area contributed by atoms with Crippen molar-refractivity contribution in [1.29, 1.82) is 0 Å². The second kappa shape index (κ2) is 6.21. The Balaban J connectivity index is 2.75. The fourth-order valence-corrected chi connectivity index (χ4v) is 2.97. The van der Waals surface area contributed by atoms with Crippen molar-refractivity contribution in [3.05, 3.63) is 0 Å². The Bertz CT molecular complexity index is 324. The van der Waals surface area contributed by atoms with E-state index in [1.54, 1.807) is 0 Å². The van der Waals surface area contributed by atoms with Crippen LogP contribution in [0.5, 0.6) is 0 Å². The van der Waals surface area contributed by atoms with Crippen molar-refractivity contribution in [2.75, 3.05) is 14.1 Å². The van der Waals surface area contributed by atoms with Crippen molar-refractivity contribution < 1.29 is 4.79 Å². The Kier molecular flexibility index (Phi) is 5.21. The van der Waals surface area contributed by atoms with Crippen LogP contribution in [0.3, 0.4) is 0 Å². The standard InChI is InChI=1S/C15H25NO/c1-5-6-7-10-14(17)15(16(3)4)11-8-9-13(2)12-15/h13H,7-12H2,1-4H3. The molecule has 0 N–H and O–H groups in total. The first kappa shape index (κ1) is 14.3. The SMILES string of the molecule is CC#CCCC(=O)C1(N(C)C)CCCC(C)C1. The Labute approximate surface area is 106 Å². The van der Waals surface area contributed by atoms with Gasteiger partial charge >= 0.3 is 0 Å². The Morgan fingerprint density at radius 3 is 2.71 bits per heavy atom. The highest BCUT2D eigenvalue weighted by molar-refractivity contribution is 5.88. The van der Waals surface area contributed by atoms with E-state index in [0.29, 0.717) is 24.5 Å². The first-order valence-electron chi connectivity index (χ1n) is 6.63. The van der Waals surface area contributed by atoms with E-state index in [9.17, 15) is 4.79 Å². The van der Waals surface area contributed by atoms with Crippen molar-refractivity contribution in [3.63, 3.8) is 0 Å². The molecule has 1 saturated carbocycles. The fourth-order valence-electron chi connectivity index (χ4n) is 2.97. The zero-order valence-corrected chi connectivity index (χ0v) is 11.7. The number of ketones is 1. The minimum absolute atomic E-state index is 0.215. The van der Waals surface area contributed by atoms with Crippen LogP contribution in [0.2, 0.25) is 0 Å². The van der Waals surface area contributed by atoms with Gasteiger partial charge in [0.05, 0.1) is 5.54 Å². The molecule has 2 nitrogen and oxygen atoms in total. The van der Waals surface area contributed by atoms with Crippen LogP contribution in [0.1, 0.15) is 52.4 Å². The van der Waals surface area contributed by atoms with Gasteiger partial charge in [0.2, 0.25) is 0 Å². The molecule has 96 valence electrons. The summed E-state index contributed by atoms with van der Waals surface area (Å²) < 4.78 is 0. The van der Waals surface area contributed by atoms with Crippen molar-refractivity contribution >= 4 is 5.78 Å². The lowest BCUT2D eigenvalue weighted by atomic mass is 9.72. The fraction of sp³-hybridized carbons (Fsp3) is 0.800. The minimum Gasteiger partial charge on any atom is -0.298 e. The summed E-state index contributed by atoms with van der Waals surface area (Å²) in [6.07, 6.45) is 5.77. The van der Waals surface area contributed by atoms with E-state index in [1.807, 2.05) is 21.0 Å². The zero-order valence-electron chi connectivity index (χ0n) is 11.7. The quantitative estimate of drug-likeness (QED) is 0.698. The highest BCUT2D eigenvalue weighted by Crippen LogP contribution is 2.37. The number of hydrogen-bond donors (Lipinski definition) is 0. The maximum Gasteiger partial charge on any atom is 0.154 e. The van der Waals surface area contributed by atoms with Crippen molar-refractivity contribution in [2.45, 2.75) is 57.9 Å². The number of nitrogens with zero attached hydrogens (tertiary/aromatic N) is 1. The molecule has 1 aliphatic rings. The molecule has 0 amide bonds. The second-order valence-corrected chi connectivity index (χ2v) is 5.48. The predicted octanol–water partition coefficient (Wildman–Crippen LogP) is 2.87. The third kappa shape index (κ3) is 3.33. The smallest absolute Gasteiger partial charge is 0.154 e. The topological polar surface area (TPSA) is 20.3 Å². The lowest BCUT2D eigenvalue weighted by molar-refractivity contribution is -0.132. The monoisotopic (exact) mass is 235 g/mol. The van der Waals surface area contributed by atoms with E-state index in [0.717, 1.165) is 12.8 Å². The van der Waals surface area contributed by atoms with Crippen LogP contribution in [0.15, 0.2) is 0 Å². The Hall–Kier alpha value is -0.810. The van der Waals surface area contributed by atoms with Gasteiger partial charge in [0, 0.05) is 12.8 Å². The van der Waals surface area contributed by atoms with E-state index in [1.165, 1.54) is 12.8 Å². The minimum atomic E-state index is -0.215. The molecule has 2 unspecified atom stereocenters. The molecule has 2 heteroatoms. The van der Waals surface area contributed by atoms with Gasteiger partial charge in [-0.3, -0.25) is 9.69 Å². The van der Waals surface area contributed by atoms with E-state index < -0.39 is 0 Å². The van der Waals surface area contributed by atoms with Gasteiger partial charge in [-0.25, -0.2) is 0 Å². The van der Waals surface area contributed by atoms with Gasteiger partial charge < -0.3 is 0 Å². The van der Waals surface area contributed by atoms with Gasteiger partial charge in [-0.05, 0) is 39.8 Å². The summed E-state index contributed by atoms with van der Waals surface area (Å²) in [5, 5.41) is 0. The lowest BCUT2D eigenvalue weighted by Crippen LogP contribution is -2.53. The molecule has 0 aromatic heterocycles. The molecule has 0 spiro atoms. The third-order valence-electron chi connectivity index (χ3n) is 4.00. The average molecular weight is 235 g/mol. The second-order valence-electron chi connectivity index (χ2n) is 5.48. The molecule has 17 heavy (non-hydrogen) atoms. The molecule has 0 heterocycles. The molecular formula is C15H25NO. The van der Waals surface area contributed by atoms with E-state index >= 15 is 0 Å². The van der Waals surface area contributed by atoms with Crippen molar-refractivity contribution in [2.24, 2.45) is 5.92 Å². The summed E-state index contributed by atoms with van der Waals surface area (Å²) in [5.74, 6) is 6.90. The molecule has 1 aliphatic carbocycles. The van der Waals surface area contributed by atoms with Gasteiger partial charge in [0.15, 0.2) is 5.78 Å². The van der Waals surface area contributed by atoms with Gasteiger partial charge in [-0.15, -0.1) is 11.8 Å². The Morgan fingerprint density at radius 2 is 2.18 bits per heavy atom. The van der Waals surface area contributed by atoms with Crippen LogP contribution >= 0.6 is 0 Å². The summed E-state index contributed by atoms with van der Waals surface area (Å²) in [5.41, 5.74) is -0.215. The normalized spacial score (nSPS) is 28.6. The van der Waals surface area contributed by atoms with Crippen LogP contribution in [0.4, 0.5) is 0 Å². The van der Waals surface area contributed by atoms with Crippen LogP contribution < -0.4 is 0 Å². The molecule has 1 fully saturated rings. The van der Waals surface area contributed by atoms with Gasteiger partial charge in [0.25, 0.3) is 0 Å². The molecule has 0 aromatic rings. The summed E-state index contributed by atoms with van der Waals surface area (Å²) in [6.45, 7) is 4.09. The molecular weight excluding hydrogens is 210 g/mol. The maximum atomic E-state index is 12.5. The van der Waals surface area contributed by atoms with Crippen LogP contribution in [-0.4, -0.2) is 30.3 Å². The van der Waals surface area contributed by atoms with Crippen LogP contribution in [-0.2, 0) is 4.79 Å². The number of carbonyl (C=O) groups excluding carboxylic acids is 1. The van der Waals surface area contributed by atoms with Crippen molar-refractivity contribution in [1.82, 2.24) is 4.90 Å². The maximum absolute atomic E-state index is 12.5. The summed E-state index contributed by atoms with van der Waals surface area (Å²) in [7, 11) is 4.09. The molecule has 1 rings (SSSR count). The highest BCUT2D eigenvalue weighted by Gasteiger charge is 2.42. The van der Waals surface area contributed by atoms with E-state index in [4.69, 9.17) is 0 Å². The number of Topliss-reactive ketones (excluding diaryl/α,β-unsaturated/α-hetero) is 1. The molecule has 0 bridgehead atoms.